The van der Waals surface area contributed by atoms with E-state index >= 15 is 0 Å². The first kappa shape index (κ1) is 46.7. The van der Waals surface area contributed by atoms with Gasteiger partial charge in [-0.3, -0.25) is 18.6 Å². The molecule has 11 heteroatoms. The number of carboxylic acid groups (broad SMARTS) is 1. The molecule has 0 rings (SSSR count). The standard InChI is InChI=1S/C38H66NO9P/c1-3-5-7-9-11-13-14-15-16-17-18-19-20-21-23-25-27-29-31-45-32-35(33-46-49(43,44)47-34-36(39)38(41)42)48-37(40)30-28-26-24-22-12-10-8-6-4-2/h5,7,11,13,15-16,18-19,21,23,35-36H,3-4,6,8-10,12,14,17,20,22,24-34,39H2,1-2H3,(H,41,42)(H,43,44)/b7-5-,13-11-,16-15-,19-18-,23-21-. The molecular formula is C38H66NO9P. The molecule has 0 heterocycles. The summed E-state index contributed by atoms with van der Waals surface area (Å²) in [5, 5.41) is 8.85. The molecular weight excluding hydrogens is 645 g/mol. The van der Waals surface area contributed by atoms with Gasteiger partial charge in [-0.15, -0.1) is 0 Å². The zero-order valence-electron chi connectivity index (χ0n) is 30.3. The number of allylic oxidation sites excluding steroid dienone is 10. The number of carboxylic acids is 1. The minimum atomic E-state index is -4.62. The summed E-state index contributed by atoms with van der Waals surface area (Å²) in [7, 11) is -4.62. The highest BCUT2D eigenvalue weighted by Gasteiger charge is 2.27. The first-order valence-corrected chi connectivity index (χ1v) is 19.8. The number of rotatable bonds is 34. The largest absolute Gasteiger partial charge is 0.480 e. The van der Waals surface area contributed by atoms with Crippen molar-refractivity contribution in [2.45, 2.75) is 142 Å². The molecule has 0 fully saturated rings. The van der Waals surface area contributed by atoms with Crippen molar-refractivity contribution in [1.29, 1.82) is 0 Å². The third-order valence-electron chi connectivity index (χ3n) is 7.31. The molecule has 0 aromatic rings. The Kier molecular flexibility index (Phi) is 32.5. The van der Waals surface area contributed by atoms with Gasteiger partial charge in [-0.1, -0.05) is 126 Å². The Morgan fingerprint density at radius 2 is 1.18 bits per heavy atom. The van der Waals surface area contributed by atoms with Gasteiger partial charge in [-0.2, -0.15) is 0 Å². The number of carbonyl (C=O) groups excluding carboxylic acids is 1. The Balaban J connectivity index is 4.38. The maximum absolute atomic E-state index is 12.5. The van der Waals surface area contributed by atoms with Crippen molar-refractivity contribution < 1.29 is 42.7 Å². The van der Waals surface area contributed by atoms with E-state index in [1.54, 1.807) is 0 Å². The fourth-order valence-corrected chi connectivity index (χ4v) is 5.23. The Labute approximate surface area is 296 Å². The quantitative estimate of drug-likeness (QED) is 0.0255. The Morgan fingerprint density at radius 3 is 1.73 bits per heavy atom. The van der Waals surface area contributed by atoms with Gasteiger partial charge < -0.3 is 25.2 Å². The predicted molar refractivity (Wildman–Crippen MR) is 198 cm³/mol. The average molecular weight is 712 g/mol. The van der Waals surface area contributed by atoms with Crippen molar-refractivity contribution in [2.24, 2.45) is 5.73 Å². The number of esters is 1. The van der Waals surface area contributed by atoms with Crippen LogP contribution in [0.1, 0.15) is 129 Å². The van der Waals surface area contributed by atoms with Crippen molar-refractivity contribution in [2.75, 3.05) is 26.4 Å². The summed E-state index contributed by atoms with van der Waals surface area (Å²) in [5.74, 6) is -1.81. The number of hydrogen-bond donors (Lipinski definition) is 3. The zero-order valence-corrected chi connectivity index (χ0v) is 31.2. The molecule has 0 aliphatic rings. The van der Waals surface area contributed by atoms with Crippen LogP contribution in [0.3, 0.4) is 0 Å². The van der Waals surface area contributed by atoms with E-state index in [0.717, 1.165) is 70.6 Å². The van der Waals surface area contributed by atoms with Gasteiger partial charge in [-0.05, 0) is 57.8 Å². The molecule has 0 aliphatic carbocycles. The average Bonchev–Trinajstić information content (AvgIpc) is 3.07. The first-order valence-electron chi connectivity index (χ1n) is 18.3. The van der Waals surface area contributed by atoms with E-state index in [0.29, 0.717) is 13.0 Å². The molecule has 0 radical (unpaired) electrons. The van der Waals surface area contributed by atoms with Crippen LogP contribution in [0.5, 0.6) is 0 Å². The molecule has 0 saturated heterocycles. The molecule has 0 aromatic carbocycles. The summed E-state index contributed by atoms with van der Waals surface area (Å²) in [6.07, 6.45) is 38.6. The summed E-state index contributed by atoms with van der Waals surface area (Å²) in [6, 6.07) is -1.48. The van der Waals surface area contributed by atoms with E-state index < -0.39 is 45.1 Å². The topological polar surface area (TPSA) is 155 Å². The number of ether oxygens (including phenoxy) is 2. The molecule has 0 aliphatic heterocycles. The molecule has 0 saturated carbocycles. The van der Waals surface area contributed by atoms with Crippen LogP contribution in [0, 0.1) is 0 Å². The molecule has 3 atom stereocenters. The van der Waals surface area contributed by atoms with Crippen LogP contribution >= 0.6 is 7.82 Å². The van der Waals surface area contributed by atoms with Gasteiger partial charge in [0.1, 0.15) is 12.1 Å². The highest BCUT2D eigenvalue weighted by Crippen LogP contribution is 2.43. The maximum atomic E-state index is 12.5. The smallest absolute Gasteiger partial charge is 0.472 e. The lowest BCUT2D eigenvalue weighted by Gasteiger charge is -2.20. The highest BCUT2D eigenvalue weighted by atomic mass is 31.2. The number of carbonyl (C=O) groups is 2. The van der Waals surface area contributed by atoms with Gasteiger partial charge in [0.15, 0.2) is 0 Å². The molecule has 4 N–H and O–H groups in total. The Hall–Kier alpha value is -2.33. The molecule has 49 heavy (non-hydrogen) atoms. The van der Waals surface area contributed by atoms with Crippen molar-refractivity contribution in [1.82, 2.24) is 0 Å². The highest BCUT2D eigenvalue weighted by molar-refractivity contribution is 7.47. The molecule has 0 spiro atoms. The number of phosphoric ester groups is 1. The van der Waals surface area contributed by atoms with Crippen LogP contribution in [0.15, 0.2) is 60.8 Å². The normalized spacial score (nSPS) is 14.9. The van der Waals surface area contributed by atoms with Crippen LogP contribution < -0.4 is 5.73 Å². The van der Waals surface area contributed by atoms with E-state index in [2.05, 4.69) is 79.1 Å². The van der Waals surface area contributed by atoms with Crippen molar-refractivity contribution in [3.8, 4) is 0 Å². The molecule has 10 nitrogen and oxygen atoms in total. The minimum absolute atomic E-state index is 0.0141. The Bertz CT molecular complexity index is 1010. The zero-order chi connectivity index (χ0) is 36.3. The van der Waals surface area contributed by atoms with Crippen LogP contribution in [0.25, 0.3) is 0 Å². The van der Waals surface area contributed by atoms with Crippen molar-refractivity contribution in [3.05, 3.63) is 60.8 Å². The monoisotopic (exact) mass is 711 g/mol. The summed E-state index contributed by atoms with van der Waals surface area (Å²) >= 11 is 0. The molecule has 0 aromatic heterocycles. The number of aliphatic carboxylic acids is 1. The summed E-state index contributed by atoms with van der Waals surface area (Å²) < 4.78 is 33.1. The van der Waals surface area contributed by atoms with E-state index in [4.69, 9.17) is 24.8 Å². The van der Waals surface area contributed by atoms with Gasteiger partial charge in [0.2, 0.25) is 0 Å². The van der Waals surface area contributed by atoms with Crippen LogP contribution in [-0.4, -0.2) is 60.5 Å². The van der Waals surface area contributed by atoms with Gasteiger partial charge in [0, 0.05) is 13.0 Å². The summed E-state index contributed by atoms with van der Waals surface area (Å²) in [5.41, 5.74) is 5.32. The SMILES string of the molecule is CC/C=C\C/C=C\C/C=C\C/C=C\C/C=C\CCCCOCC(COP(=O)(O)OCC(N)C(=O)O)OC(=O)CCCCCCCCCCC. The molecule has 3 unspecified atom stereocenters. The first-order chi connectivity index (χ1) is 23.7. The summed E-state index contributed by atoms with van der Waals surface area (Å²) in [6.45, 7) is 3.60. The summed E-state index contributed by atoms with van der Waals surface area (Å²) in [4.78, 5) is 33.3. The second kappa shape index (κ2) is 34.1. The molecule has 0 amide bonds. The van der Waals surface area contributed by atoms with Crippen LogP contribution in [0.4, 0.5) is 0 Å². The maximum Gasteiger partial charge on any atom is 0.472 e. The van der Waals surface area contributed by atoms with Gasteiger partial charge in [0.05, 0.1) is 19.8 Å². The number of phosphoric acid groups is 1. The molecule has 0 bridgehead atoms. The van der Waals surface area contributed by atoms with Gasteiger partial charge in [-0.25, -0.2) is 4.57 Å². The third-order valence-corrected chi connectivity index (χ3v) is 8.26. The van der Waals surface area contributed by atoms with E-state index in [1.165, 1.54) is 32.1 Å². The van der Waals surface area contributed by atoms with Gasteiger partial charge >= 0.3 is 19.8 Å². The van der Waals surface area contributed by atoms with Crippen LogP contribution in [-0.2, 0) is 32.7 Å². The van der Waals surface area contributed by atoms with Crippen molar-refractivity contribution in [3.63, 3.8) is 0 Å². The fraction of sp³-hybridized carbons (Fsp3) is 0.684. The fourth-order valence-electron chi connectivity index (χ4n) is 4.45. The minimum Gasteiger partial charge on any atom is -0.480 e. The lowest BCUT2D eigenvalue weighted by Crippen LogP contribution is -2.34. The predicted octanol–water partition coefficient (Wildman–Crippen LogP) is 9.30. The third kappa shape index (κ3) is 33.9. The van der Waals surface area contributed by atoms with E-state index in [9.17, 15) is 19.0 Å². The number of unbranched alkanes of at least 4 members (excludes halogenated alkanes) is 10. The number of hydrogen-bond acceptors (Lipinski definition) is 8. The Morgan fingerprint density at radius 1 is 0.673 bits per heavy atom. The van der Waals surface area contributed by atoms with E-state index in [1.807, 2.05) is 0 Å². The lowest BCUT2D eigenvalue weighted by atomic mass is 10.1. The van der Waals surface area contributed by atoms with Gasteiger partial charge in [0.25, 0.3) is 0 Å². The second-order valence-corrected chi connectivity index (χ2v) is 13.4. The van der Waals surface area contributed by atoms with Crippen LogP contribution in [0.2, 0.25) is 0 Å². The number of nitrogens with two attached hydrogens (primary N) is 1. The van der Waals surface area contributed by atoms with E-state index in [-0.39, 0.29) is 13.0 Å². The molecule has 282 valence electrons. The second-order valence-electron chi connectivity index (χ2n) is 12.0. The lowest BCUT2D eigenvalue weighted by molar-refractivity contribution is -0.154. The van der Waals surface area contributed by atoms with Crippen molar-refractivity contribution >= 4 is 19.8 Å².